The molecule has 4 fully saturated rings. The maximum absolute atomic E-state index is 12.8. The number of esters is 1. The third-order valence-electron chi connectivity index (χ3n) is 11.8. The summed E-state index contributed by atoms with van der Waals surface area (Å²) in [7, 11) is 0. The predicted molar refractivity (Wildman–Crippen MR) is 140 cm³/mol. The van der Waals surface area contributed by atoms with E-state index in [0.717, 1.165) is 57.2 Å². The molecule has 0 amide bonds. The molecule has 0 radical (unpaired) electrons. The van der Waals surface area contributed by atoms with E-state index >= 15 is 0 Å². The van der Waals surface area contributed by atoms with Gasteiger partial charge in [0.05, 0.1) is 12.7 Å². The minimum atomic E-state index is -0.515. The van der Waals surface area contributed by atoms with Crippen LogP contribution in [0.2, 0.25) is 0 Å². The summed E-state index contributed by atoms with van der Waals surface area (Å²) in [4.78, 5) is 15.9. The molecule has 37 heavy (non-hydrogen) atoms. The zero-order valence-corrected chi connectivity index (χ0v) is 23.1. The molecule has 4 aliphatic carbocycles. The van der Waals surface area contributed by atoms with Crippen LogP contribution in [0.3, 0.4) is 0 Å². The molecule has 2 aliphatic heterocycles. The summed E-state index contributed by atoms with van der Waals surface area (Å²) >= 11 is 0. The normalized spacial score (nSPS) is 50.1. The van der Waals surface area contributed by atoms with Crippen molar-refractivity contribution in [2.45, 2.75) is 104 Å². The average Bonchev–Trinajstić information content (AvgIpc) is 3.32. The van der Waals surface area contributed by atoms with Crippen LogP contribution in [0.4, 0.5) is 0 Å². The number of hydrogen-bond donors (Lipinski definition) is 0. The lowest BCUT2D eigenvalue weighted by Gasteiger charge is -2.60. The second-order valence-electron chi connectivity index (χ2n) is 13.4. The van der Waals surface area contributed by atoms with Gasteiger partial charge in [-0.15, -0.1) is 0 Å². The van der Waals surface area contributed by atoms with Crippen molar-refractivity contribution < 1.29 is 19.0 Å². The fourth-order valence-corrected chi connectivity index (χ4v) is 9.61. The van der Waals surface area contributed by atoms with Crippen LogP contribution in [0.5, 0.6) is 0 Å². The van der Waals surface area contributed by atoms with Gasteiger partial charge >= 0.3 is 5.97 Å². The maximum atomic E-state index is 12.8. The Kier molecular flexibility index (Phi) is 6.09. The Morgan fingerprint density at radius 2 is 2.08 bits per heavy atom. The lowest BCUT2D eigenvalue weighted by molar-refractivity contribution is -0.265. The lowest BCUT2D eigenvalue weighted by atomic mass is 9.45. The van der Waals surface area contributed by atoms with Gasteiger partial charge in [0.1, 0.15) is 6.10 Å². The highest BCUT2D eigenvalue weighted by molar-refractivity contribution is 5.69. The molecule has 7 heteroatoms. The monoisotopic (exact) mass is 509 g/mol. The molecule has 0 aromatic carbocycles. The minimum Gasteiger partial charge on any atom is -0.461 e. The summed E-state index contributed by atoms with van der Waals surface area (Å²) in [5, 5.41) is 3.96. The van der Waals surface area contributed by atoms with Gasteiger partial charge in [0.25, 0.3) is 0 Å². The van der Waals surface area contributed by atoms with Crippen LogP contribution in [0.1, 0.15) is 86.0 Å². The highest BCUT2D eigenvalue weighted by atomic mass is 16.7. The van der Waals surface area contributed by atoms with Gasteiger partial charge in [-0.1, -0.05) is 57.5 Å². The van der Waals surface area contributed by atoms with Crippen molar-refractivity contribution in [3.05, 3.63) is 33.9 Å². The SMILES string of the molecule is CCC(=O)O[C@H]1C[C@H]2[C@@H](CC[C@H]3CC(N=[N+]=[N-])=CC[C@@]32C)C2=C[C@@H]3O[C@]4(CC[C@H](C)CO4)[C@@H](C)[C@@H]3[C@]21C. The van der Waals surface area contributed by atoms with Gasteiger partial charge in [-0.25, -0.2) is 0 Å². The second-order valence-corrected chi connectivity index (χ2v) is 13.4. The molecule has 6 aliphatic rings. The quantitative estimate of drug-likeness (QED) is 0.133. The Hall–Kier alpha value is -1.82. The first-order valence-electron chi connectivity index (χ1n) is 14.6. The fraction of sp³-hybridized carbons (Fsp3) is 0.833. The summed E-state index contributed by atoms with van der Waals surface area (Å²) in [5.74, 6) is 1.82. The Morgan fingerprint density at radius 3 is 2.78 bits per heavy atom. The van der Waals surface area contributed by atoms with Crippen LogP contribution in [-0.2, 0) is 19.0 Å². The number of rotatable bonds is 3. The van der Waals surface area contributed by atoms with E-state index in [2.05, 4.69) is 49.9 Å². The van der Waals surface area contributed by atoms with Crippen LogP contribution < -0.4 is 0 Å². The standard InChI is InChI=1S/C30H43N3O4/c1-6-26(34)36-25-15-22-21(8-7-19-13-20(32-33-31)10-11-28(19,22)4)23-14-24-27(29(23,25)5)18(3)30(37-24)12-9-17(2)16-35-30/h10,14,17-19,21-22,24-25,27H,6-9,11-13,15-16H2,1-5H3/t17-,18-,19-,21+,22-,24-,25-,27-,28-,29+,30+/m0/s1. The number of ether oxygens (including phenoxy) is 3. The zero-order chi connectivity index (χ0) is 26.2. The molecule has 1 spiro atoms. The summed E-state index contributed by atoms with van der Waals surface area (Å²) in [6.45, 7) is 12.0. The molecule has 2 heterocycles. The topological polar surface area (TPSA) is 93.5 Å². The molecule has 11 atom stereocenters. The molecular weight excluding hydrogens is 466 g/mol. The first-order chi connectivity index (χ1) is 17.7. The number of azide groups is 1. The highest BCUT2D eigenvalue weighted by Crippen LogP contribution is 2.69. The molecule has 2 saturated heterocycles. The van der Waals surface area contributed by atoms with E-state index in [9.17, 15) is 4.79 Å². The van der Waals surface area contributed by atoms with E-state index in [0.29, 0.717) is 30.1 Å². The predicted octanol–water partition coefficient (Wildman–Crippen LogP) is 7.09. The number of carbonyl (C=O) groups excluding carboxylic acids is 1. The van der Waals surface area contributed by atoms with Crippen molar-refractivity contribution in [1.82, 2.24) is 0 Å². The van der Waals surface area contributed by atoms with Crippen molar-refractivity contribution in [3.8, 4) is 0 Å². The van der Waals surface area contributed by atoms with Gasteiger partial charge in [-0.3, -0.25) is 4.79 Å². The van der Waals surface area contributed by atoms with Crippen molar-refractivity contribution in [3.63, 3.8) is 0 Å². The maximum Gasteiger partial charge on any atom is 0.305 e. The summed E-state index contributed by atoms with van der Waals surface area (Å²) < 4.78 is 19.7. The van der Waals surface area contributed by atoms with E-state index in [4.69, 9.17) is 19.7 Å². The molecule has 2 saturated carbocycles. The number of fused-ring (bicyclic) bond motifs is 7. The van der Waals surface area contributed by atoms with Crippen molar-refractivity contribution in [2.75, 3.05) is 6.61 Å². The van der Waals surface area contributed by atoms with Crippen LogP contribution in [-0.4, -0.2) is 30.6 Å². The summed E-state index contributed by atoms with van der Waals surface area (Å²) in [5.41, 5.74) is 11.2. The van der Waals surface area contributed by atoms with Crippen LogP contribution >= 0.6 is 0 Å². The lowest BCUT2D eigenvalue weighted by Crippen LogP contribution is -2.57. The van der Waals surface area contributed by atoms with E-state index in [1.54, 1.807) is 0 Å². The molecule has 0 aromatic rings. The van der Waals surface area contributed by atoms with Crippen molar-refractivity contribution in [1.29, 1.82) is 0 Å². The number of hydrogen-bond acceptors (Lipinski definition) is 5. The Bertz CT molecular complexity index is 1070. The third-order valence-corrected chi connectivity index (χ3v) is 11.8. The summed E-state index contributed by atoms with van der Waals surface area (Å²) in [6.07, 6.45) is 11.8. The van der Waals surface area contributed by atoms with Crippen molar-refractivity contribution in [2.24, 2.45) is 51.5 Å². The first kappa shape index (κ1) is 25.5. The van der Waals surface area contributed by atoms with Crippen molar-refractivity contribution >= 4 is 5.97 Å². The fourth-order valence-electron chi connectivity index (χ4n) is 9.61. The molecule has 0 aromatic heterocycles. The van der Waals surface area contributed by atoms with E-state index < -0.39 is 5.79 Å². The zero-order valence-electron chi connectivity index (χ0n) is 23.1. The van der Waals surface area contributed by atoms with Gasteiger partial charge in [0, 0.05) is 40.7 Å². The Morgan fingerprint density at radius 1 is 1.27 bits per heavy atom. The number of allylic oxidation sites excluding steroid dienone is 2. The molecule has 0 unspecified atom stereocenters. The molecule has 7 nitrogen and oxygen atoms in total. The van der Waals surface area contributed by atoms with Gasteiger partial charge in [0.2, 0.25) is 0 Å². The van der Waals surface area contributed by atoms with Gasteiger partial charge in [-0.05, 0) is 73.1 Å². The highest BCUT2D eigenvalue weighted by Gasteiger charge is 2.69. The minimum absolute atomic E-state index is 0.0123. The van der Waals surface area contributed by atoms with Gasteiger partial charge in [-0.2, -0.15) is 0 Å². The number of nitrogens with zero attached hydrogens (tertiary/aromatic N) is 3. The molecule has 0 N–H and O–H groups in total. The third kappa shape index (κ3) is 3.60. The Labute approximate surface area is 221 Å². The van der Waals surface area contributed by atoms with E-state index in [1.807, 2.05) is 6.92 Å². The second kappa shape index (κ2) is 8.86. The summed E-state index contributed by atoms with van der Waals surface area (Å²) in [6, 6.07) is 0. The van der Waals surface area contributed by atoms with Crippen LogP contribution in [0, 0.1) is 46.3 Å². The van der Waals surface area contributed by atoms with Gasteiger partial charge < -0.3 is 14.2 Å². The average molecular weight is 510 g/mol. The van der Waals surface area contributed by atoms with E-state index in [-0.39, 0.29) is 40.8 Å². The number of carbonyl (C=O) groups is 1. The molecule has 0 bridgehead atoms. The van der Waals surface area contributed by atoms with Crippen LogP contribution in [0.25, 0.3) is 10.4 Å². The molecule has 6 rings (SSSR count). The first-order valence-corrected chi connectivity index (χ1v) is 14.6. The van der Waals surface area contributed by atoms with Crippen LogP contribution in [0.15, 0.2) is 28.5 Å². The smallest absolute Gasteiger partial charge is 0.305 e. The van der Waals surface area contributed by atoms with E-state index in [1.165, 1.54) is 5.57 Å². The largest absolute Gasteiger partial charge is 0.461 e. The molecule has 202 valence electrons. The molecular formula is C30H43N3O4. The Balaban J connectivity index is 1.38. The van der Waals surface area contributed by atoms with Gasteiger partial charge in [0.15, 0.2) is 5.79 Å².